The number of amides is 1. The Bertz CT molecular complexity index is 404. The molecule has 0 atom stereocenters. The maximum absolute atomic E-state index is 13.4. The van der Waals surface area contributed by atoms with Crippen LogP contribution in [0.5, 0.6) is 5.75 Å². The number of benzene rings is 1. The normalized spacial score (nSPS) is 10.5. The largest absolute Gasteiger partial charge is 0.494 e. The van der Waals surface area contributed by atoms with Crippen molar-refractivity contribution >= 4 is 5.91 Å². The third-order valence-corrected chi connectivity index (χ3v) is 2.51. The van der Waals surface area contributed by atoms with Gasteiger partial charge in [0.15, 0.2) is 11.6 Å². The average Bonchev–Trinajstić information content (AvgIpc) is 2.28. The summed E-state index contributed by atoms with van der Waals surface area (Å²) in [6, 6.07) is 4.72. The minimum Gasteiger partial charge on any atom is -0.494 e. The molecule has 0 saturated heterocycles. The van der Waals surface area contributed by atoms with E-state index in [9.17, 15) is 9.18 Å². The fourth-order valence-electron chi connectivity index (χ4n) is 1.60. The van der Waals surface area contributed by atoms with Crippen LogP contribution in [0.2, 0.25) is 0 Å². The smallest absolute Gasteiger partial charge is 0.225 e. The Morgan fingerprint density at radius 1 is 1.47 bits per heavy atom. The van der Waals surface area contributed by atoms with Crippen molar-refractivity contribution in [1.82, 2.24) is 4.90 Å². The van der Waals surface area contributed by atoms with Crippen LogP contribution in [-0.2, 0) is 11.3 Å². The fraction of sp³-hybridized carbons (Fsp3) is 0.462. The van der Waals surface area contributed by atoms with Gasteiger partial charge in [-0.05, 0) is 17.7 Å². The highest BCUT2D eigenvalue weighted by Gasteiger charge is 2.13. The van der Waals surface area contributed by atoms with E-state index in [4.69, 9.17) is 4.74 Å². The number of ether oxygens (including phenoxy) is 1. The molecule has 4 heteroatoms. The fourth-order valence-corrected chi connectivity index (χ4v) is 1.60. The van der Waals surface area contributed by atoms with Crippen LogP contribution in [0.25, 0.3) is 0 Å². The van der Waals surface area contributed by atoms with E-state index >= 15 is 0 Å². The van der Waals surface area contributed by atoms with Crippen LogP contribution >= 0.6 is 0 Å². The Morgan fingerprint density at radius 2 is 2.12 bits per heavy atom. The minimum atomic E-state index is -0.407. The monoisotopic (exact) mass is 239 g/mol. The number of hydrogen-bond donors (Lipinski definition) is 0. The number of hydrogen-bond acceptors (Lipinski definition) is 2. The maximum atomic E-state index is 13.4. The first kappa shape index (κ1) is 13.5. The van der Waals surface area contributed by atoms with Gasteiger partial charge >= 0.3 is 0 Å². The summed E-state index contributed by atoms with van der Waals surface area (Å²) in [6.07, 6.45) is 0. The zero-order chi connectivity index (χ0) is 13.0. The Morgan fingerprint density at radius 3 is 2.59 bits per heavy atom. The summed E-state index contributed by atoms with van der Waals surface area (Å²) < 4.78 is 18.3. The van der Waals surface area contributed by atoms with Crippen molar-refractivity contribution in [3.8, 4) is 5.75 Å². The Labute approximate surface area is 101 Å². The molecule has 3 nitrogen and oxygen atoms in total. The number of carbonyl (C=O) groups excluding carboxylic acids is 1. The molecule has 1 amide bonds. The van der Waals surface area contributed by atoms with Gasteiger partial charge in [-0.3, -0.25) is 4.79 Å². The first-order valence-electron chi connectivity index (χ1n) is 5.53. The highest BCUT2D eigenvalue weighted by atomic mass is 19.1. The van der Waals surface area contributed by atoms with Gasteiger partial charge in [0, 0.05) is 19.5 Å². The molecule has 0 unspecified atom stereocenters. The molecule has 0 N–H and O–H groups in total. The average molecular weight is 239 g/mol. The van der Waals surface area contributed by atoms with E-state index in [1.165, 1.54) is 13.2 Å². The second-order valence-corrected chi connectivity index (χ2v) is 4.32. The molecule has 0 aromatic heterocycles. The zero-order valence-electron chi connectivity index (χ0n) is 10.7. The summed E-state index contributed by atoms with van der Waals surface area (Å²) in [7, 11) is 3.14. The predicted octanol–water partition coefficient (Wildman–Crippen LogP) is 2.45. The quantitative estimate of drug-likeness (QED) is 0.807. The van der Waals surface area contributed by atoms with Crippen molar-refractivity contribution < 1.29 is 13.9 Å². The van der Waals surface area contributed by atoms with Gasteiger partial charge in [-0.15, -0.1) is 0 Å². The molecule has 1 aromatic rings. The van der Waals surface area contributed by atoms with Crippen LogP contribution in [-0.4, -0.2) is 25.0 Å². The van der Waals surface area contributed by atoms with Gasteiger partial charge in [0.25, 0.3) is 0 Å². The SMILES string of the molecule is COc1ccc(CN(C)C(=O)C(C)C)cc1F. The second-order valence-electron chi connectivity index (χ2n) is 4.32. The van der Waals surface area contributed by atoms with Crippen LogP contribution < -0.4 is 4.74 Å². The molecule has 1 rings (SSSR count). The van der Waals surface area contributed by atoms with Gasteiger partial charge in [0.1, 0.15) is 0 Å². The Balaban J connectivity index is 2.75. The van der Waals surface area contributed by atoms with Crippen molar-refractivity contribution in [2.24, 2.45) is 5.92 Å². The van der Waals surface area contributed by atoms with Crippen molar-refractivity contribution in [2.75, 3.05) is 14.2 Å². The topological polar surface area (TPSA) is 29.5 Å². The summed E-state index contributed by atoms with van der Waals surface area (Å²) in [5.74, 6) is -0.202. The van der Waals surface area contributed by atoms with Crippen LogP contribution in [0, 0.1) is 11.7 Å². The predicted molar refractivity (Wildman–Crippen MR) is 64.3 cm³/mol. The number of methoxy groups -OCH3 is 1. The van der Waals surface area contributed by atoms with Crippen LogP contribution in [0.4, 0.5) is 4.39 Å². The Kier molecular flexibility index (Phi) is 4.49. The molecule has 0 radical (unpaired) electrons. The highest BCUT2D eigenvalue weighted by Crippen LogP contribution is 2.18. The lowest BCUT2D eigenvalue weighted by molar-refractivity contribution is -0.133. The summed E-state index contributed by atoms with van der Waals surface area (Å²) in [4.78, 5) is 13.3. The van der Waals surface area contributed by atoms with E-state index in [2.05, 4.69) is 0 Å². The minimum absolute atomic E-state index is 0.0428. The van der Waals surface area contributed by atoms with Crippen LogP contribution in [0.1, 0.15) is 19.4 Å². The molecule has 0 heterocycles. The van der Waals surface area contributed by atoms with E-state index in [0.29, 0.717) is 6.54 Å². The van der Waals surface area contributed by atoms with Crippen molar-refractivity contribution in [3.63, 3.8) is 0 Å². The van der Waals surface area contributed by atoms with Gasteiger partial charge < -0.3 is 9.64 Å². The molecule has 1 aromatic carbocycles. The molecule has 0 spiro atoms. The molecule has 0 aliphatic rings. The van der Waals surface area contributed by atoms with Crippen LogP contribution in [0.3, 0.4) is 0 Å². The van der Waals surface area contributed by atoms with E-state index in [-0.39, 0.29) is 17.6 Å². The summed E-state index contributed by atoms with van der Waals surface area (Å²) in [5, 5.41) is 0. The maximum Gasteiger partial charge on any atom is 0.225 e. The summed E-state index contributed by atoms with van der Waals surface area (Å²) in [5.41, 5.74) is 0.750. The van der Waals surface area contributed by atoms with Gasteiger partial charge in [-0.2, -0.15) is 0 Å². The lowest BCUT2D eigenvalue weighted by atomic mass is 10.1. The molecule has 0 fully saturated rings. The van der Waals surface area contributed by atoms with E-state index in [1.54, 1.807) is 24.1 Å². The Hall–Kier alpha value is -1.58. The molecule has 94 valence electrons. The van der Waals surface area contributed by atoms with Crippen molar-refractivity contribution in [2.45, 2.75) is 20.4 Å². The van der Waals surface area contributed by atoms with Gasteiger partial charge in [-0.1, -0.05) is 19.9 Å². The first-order chi connectivity index (χ1) is 7.95. The van der Waals surface area contributed by atoms with Gasteiger partial charge in [0.05, 0.1) is 7.11 Å². The second kappa shape index (κ2) is 5.66. The van der Waals surface area contributed by atoms with Crippen molar-refractivity contribution in [1.29, 1.82) is 0 Å². The molecule has 0 aliphatic carbocycles. The van der Waals surface area contributed by atoms with Gasteiger partial charge in [-0.25, -0.2) is 4.39 Å². The third kappa shape index (κ3) is 3.44. The highest BCUT2D eigenvalue weighted by molar-refractivity contribution is 5.77. The lowest BCUT2D eigenvalue weighted by Gasteiger charge is -2.19. The summed E-state index contributed by atoms with van der Waals surface area (Å²) >= 11 is 0. The molecular weight excluding hydrogens is 221 g/mol. The molecule has 17 heavy (non-hydrogen) atoms. The third-order valence-electron chi connectivity index (χ3n) is 2.51. The first-order valence-corrected chi connectivity index (χ1v) is 5.53. The zero-order valence-corrected chi connectivity index (χ0v) is 10.7. The van der Waals surface area contributed by atoms with E-state index < -0.39 is 5.82 Å². The number of carbonyl (C=O) groups is 1. The van der Waals surface area contributed by atoms with Crippen LogP contribution in [0.15, 0.2) is 18.2 Å². The van der Waals surface area contributed by atoms with Crippen molar-refractivity contribution in [3.05, 3.63) is 29.6 Å². The van der Waals surface area contributed by atoms with E-state index in [1.807, 2.05) is 13.8 Å². The lowest BCUT2D eigenvalue weighted by Crippen LogP contribution is -2.29. The van der Waals surface area contributed by atoms with E-state index in [0.717, 1.165) is 5.56 Å². The summed E-state index contributed by atoms with van der Waals surface area (Å²) in [6.45, 7) is 4.08. The number of nitrogens with zero attached hydrogens (tertiary/aromatic N) is 1. The molecule has 0 aliphatic heterocycles. The molecular formula is C13H18FNO2. The van der Waals surface area contributed by atoms with Gasteiger partial charge in [0.2, 0.25) is 5.91 Å². The standard InChI is InChI=1S/C13H18FNO2/c1-9(2)13(16)15(3)8-10-5-6-12(17-4)11(14)7-10/h5-7,9H,8H2,1-4H3. The molecule has 0 saturated carbocycles. The molecule has 0 bridgehead atoms. The number of halogens is 1. The number of rotatable bonds is 4.